The van der Waals surface area contributed by atoms with Crippen LogP contribution in [0.1, 0.15) is 57.1 Å². The molecule has 160 valence electrons. The van der Waals surface area contributed by atoms with Gasteiger partial charge in [-0.1, -0.05) is 18.9 Å². The Labute approximate surface area is 172 Å². The number of hydrogen-bond acceptors (Lipinski definition) is 3. The molecule has 7 heteroatoms. The van der Waals surface area contributed by atoms with Crippen molar-refractivity contribution >= 4 is 11.9 Å². The van der Waals surface area contributed by atoms with E-state index in [1.54, 1.807) is 20.2 Å². The minimum absolute atomic E-state index is 0.0617. The van der Waals surface area contributed by atoms with Crippen LogP contribution in [0.2, 0.25) is 0 Å². The van der Waals surface area contributed by atoms with Crippen LogP contribution in [0.5, 0.6) is 5.75 Å². The first-order chi connectivity index (χ1) is 13.9. The molecule has 6 nitrogen and oxygen atoms in total. The molecule has 0 aromatic heterocycles. The molecule has 0 spiro atoms. The molecule has 0 bridgehead atoms. The zero-order valence-corrected chi connectivity index (χ0v) is 17.7. The first kappa shape index (κ1) is 21.4. The molecule has 1 atom stereocenters. The SMILES string of the molecule is CC(NC(=NCC(=O)N(C)C)NC1CCCC1)c1ccc(OCC2CC2)c(F)c1. The molecule has 29 heavy (non-hydrogen) atoms. The summed E-state index contributed by atoms with van der Waals surface area (Å²) in [5.41, 5.74) is 0.807. The lowest BCUT2D eigenvalue weighted by atomic mass is 10.1. The summed E-state index contributed by atoms with van der Waals surface area (Å²) < 4.78 is 20.0. The molecular weight excluding hydrogens is 371 g/mol. The van der Waals surface area contributed by atoms with Crippen molar-refractivity contribution in [1.82, 2.24) is 15.5 Å². The molecule has 0 saturated heterocycles. The minimum atomic E-state index is -0.346. The number of hydrogen-bond donors (Lipinski definition) is 2. The summed E-state index contributed by atoms with van der Waals surface area (Å²) in [6.45, 7) is 2.62. The summed E-state index contributed by atoms with van der Waals surface area (Å²) in [6, 6.07) is 5.28. The van der Waals surface area contributed by atoms with Crippen molar-refractivity contribution in [1.29, 1.82) is 0 Å². The largest absolute Gasteiger partial charge is 0.490 e. The average molecular weight is 405 g/mol. The average Bonchev–Trinajstić information content (AvgIpc) is 3.38. The Bertz CT molecular complexity index is 728. The van der Waals surface area contributed by atoms with E-state index >= 15 is 0 Å². The molecule has 1 unspecified atom stereocenters. The van der Waals surface area contributed by atoms with Crippen molar-refractivity contribution in [3.8, 4) is 5.75 Å². The van der Waals surface area contributed by atoms with Gasteiger partial charge in [0.2, 0.25) is 5.91 Å². The molecule has 2 aliphatic carbocycles. The Morgan fingerprint density at radius 2 is 2.00 bits per heavy atom. The maximum Gasteiger partial charge on any atom is 0.243 e. The van der Waals surface area contributed by atoms with E-state index in [0.29, 0.717) is 30.3 Å². The second-order valence-electron chi connectivity index (χ2n) is 8.39. The van der Waals surface area contributed by atoms with E-state index in [9.17, 15) is 9.18 Å². The van der Waals surface area contributed by atoms with E-state index in [1.165, 1.54) is 36.6 Å². The maximum absolute atomic E-state index is 14.4. The van der Waals surface area contributed by atoms with Crippen LogP contribution in [0.4, 0.5) is 4.39 Å². The predicted molar refractivity (Wildman–Crippen MR) is 113 cm³/mol. The van der Waals surface area contributed by atoms with Crippen LogP contribution >= 0.6 is 0 Å². The molecular formula is C22H33FN4O2. The van der Waals surface area contributed by atoms with Crippen LogP contribution in [0.25, 0.3) is 0 Å². The number of halogens is 1. The molecule has 0 radical (unpaired) electrons. The van der Waals surface area contributed by atoms with Crippen molar-refractivity contribution in [3.63, 3.8) is 0 Å². The molecule has 2 aliphatic rings. The van der Waals surface area contributed by atoms with Gasteiger partial charge in [0.05, 0.1) is 12.6 Å². The van der Waals surface area contributed by atoms with Gasteiger partial charge >= 0.3 is 0 Å². The number of guanidine groups is 1. The third-order valence-corrected chi connectivity index (χ3v) is 5.55. The molecule has 0 heterocycles. The molecule has 2 saturated carbocycles. The van der Waals surface area contributed by atoms with Crippen LogP contribution in [0.15, 0.2) is 23.2 Å². The number of nitrogens with one attached hydrogen (secondary N) is 2. The van der Waals surface area contributed by atoms with Gasteiger partial charge in [0.25, 0.3) is 0 Å². The zero-order valence-electron chi connectivity index (χ0n) is 17.7. The van der Waals surface area contributed by atoms with Crippen molar-refractivity contribution in [3.05, 3.63) is 29.6 Å². The zero-order chi connectivity index (χ0) is 20.8. The highest BCUT2D eigenvalue weighted by Gasteiger charge is 2.23. The number of benzene rings is 1. The maximum atomic E-state index is 14.4. The van der Waals surface area contributed by atoms with Gasteiger partial charge in [-0.25, -0.2) is 9.38 Å². The van der Waals surface area contributed by atoms with Gasteiger partial charge < -0.3 is 20.3 Å². The topological polar surface area (TPSA) is 66.0 Å². The number of amides is 1. The number of aliphatic imine (C=N–C) groups is 1. The molecule has 2 fully saturated rings. The predicted octanol–water partition coefficient (Wildman–Crippen LogP) is 3.24. The second-order valence-corrected chi connectivity index (χ2v) is 8.39. The highest BCUT2D eigenvalue weighted by Crippen LogP contribution is 2.30. The Hall–Kier alpha value is -2.31. The second kappa shape index (κ2) is 9.94. The fourth-order valence-electron chi connectivity index (χ4n) is 3.37. The molecule has 0 aliphatic heterocycles. The summed E-state index contributed by atoms with van der Waals surface area (Å²) in [5.74, 6) is 1.08. The van der Waals surface area contributed by atoms with Crippen LogP contribution in [0.3, 0.4) is 0 Å². The summed E-state index contributed by atoms with van der Waals surface area (Å²) in [4.78, 5) is 17.9. The fourth-order valence-corrected chi connectivity index (χ4v) is 3.37. The summed E-state index contributed by atoms with van der Waals surface area (Å²) in [5, 5.41) is 6.75. The molecule has 3 rings (SSSR count). The highest BCUT2D eigenvalue weighted by atomic mass is 19.1. The quantitative estimate of drug-likeness (QED) is 0.516. The Morgan fingerprint density at radius 1 is 1.28 bits per heavy atom. The number of carbonyl (C=O) groups excluding carboxylic acids is 1. The smallest absolute Gasteiger partial charge is 0.243 e. The van der Waals surface area contributed by atoms with E-state index in [1.807, 2.05) is 13.0 Å². The van der Waals surface area contributed by atoms with E-state index < -0.39 is 0 Å². The van der Waals surface area contributed by atoms with Crippen LogP contribution in [-0.4, -0.2) is 50.1 Å². The van der Waals surface area contributed by atoms with Gasteiger partial charge in [0, 0.05) is 20.1 Å². The van der Waals surface area contributed by atoms with Crippen molar-refractivity contribution < 1.29 is 13.9 Å². The minimum Gasteiger partial charge on any atom is -0.490 e. The third-order valence-electron chi connectivity index (χ3n) is 5.55. The molecule has 1 amide bonds. The number of carbonyl (C=O) groups is 1. The normalized spacial score (nSPS) is 18.4. The number of likely N-dealkylation sites (N-methyl/N-ethyl adjacent to an activating group) is 1. The van der Waals surface area contributed by atoms with E-state index in [4.69, 9.17) is 4.74 Å². The summed E-state index contributed by atoms with van der Waals surface area (Å²) in [7, 11) is 3.43. The van der Waals surface area contributed by atoms with Gasteiger partial charge in [-0.3, -0.25) is 4.79 Å². The van der Waals surface area contributed by atoms with Gasteiger partial charge in [-0.15, -0.1) is 0 Å². The van der Waals surface area contributed by atoms with Gasteiger partial charge in [-0.2, -0.15) is 0 Å². The monoisotopic (exact) mass is 404 g/mol. The first-order valence-corrected chi connectivity index (χ1v) is 10.6. The van der Waals surface area contributed by atoms with Crippen molar-refractivity contribution in [2.24, 2.45) is 10.9 Å². The van der Waals surface area contributed by atoms with Crippen LogP contribution < -0.4 is 15.4 Å². The number of nitrogens with zero attached hydrogens (tertiary/aromatic N) is 2. The van der Waals surface area contributed by atoms with E-state index in [-0.39, 0.29) is 24.3 Å². The Kier molecular flexibility index (Phi) is 7.34. The summed E-state index contributed by atoms with van der Waals surface area (Å²) in [6.07, 6.45) is 6.94. The van der Waals surface area contributed by atoms with Crippen molar-refractivity contribution in [2.75, 3.05) is 27.2 Å². The Balaban J connectivity index is 1.63. The molecule has 1 aromatic rings. The molecule has 2 N–H and O–H groups in total. The lowest BCUT2D eigenvalue weighted by molar-refractivity contribution is -0.127. The van der Waals surface area contributed by atoms with Crippen LogP contribution in [-0.2, 0) is 4.79 Å². The number of ether oxygens (including phenoxy) is 1. The Morgan fingerprint density at radius 3 is 2.62 bits per heavy atom. The van der Waals surface area contributed by atoms with Crippen LogP contribution in [0, 0.1) is 11.7 Å². The lowest BCUT2D eigenvalue weighted by Crippen LogP contribution is -2.44. The first-order valence-electron chi connectivity index (χ1n) is 10.6. The summed E-state index contributed by atoms with van der Waals surface area (Å²) >= 11 is 0. The molecule has 1 aromatic carbocycles. The third kappa shape index (κ3) is 6.61. The van der Waals surface area contributed by atoms with E-state index in [0.717, 1.165) is 18.4 Å². The number of rotatable bonds is 8. The van der Waals surface area contributed by atoms with Crippen molar-refractivity contribution in [2.45, 2.75) is 57.5 Å². The standard InChI is InChI=1S/C22H33FN4O2/c1-15(17-10-11-20(19(23)12-17)29-14-16-8-9-16)25-22(24-13-21(28)27(2)3)26-18-6-4-5-7-18/h10-12,15-16,18H,4-9,13-14H2,1-3H3,(H2,24,25,26). The lowest BCUT2D eigenvalue weighted by Gasteiger charge is -2.22. The van der Waals surface area contributed by atoms with Gasteiger partial charge in [0.1, 0.15) is 6.54 Å². The highest BCUT2D eigenvalue weighted by molar-refractivity contribution is 5.85. The van der Waals surface area contributed by atoms with Gasteiger partial charge in [0.15, 0.2) is 17.5 Å². The van der Waals surface area contributed by atoms with E-state index in [2.05, 4.69) is 15.6 Å². The fraction of sp³-hybridized carbons (Fsp3) is 0.636. The van der Waals surface area contributed by atoms with Gasteiger partial charge in [-0.05, 0) is 56.2 Å².